The van der Waals surface area contributed by atoms with Crippen molar-refractivity contribution < 1.29 is 15.4 Å². The first kappa shape index (κ1) is 24.3. The molecule has 0 saturated carbocycles. The molecule has 1 aliphatic heterocycles. The molecule has 3 aromatic heterocycles. The highest BCUT2D eigenvalue weighted by atomic mass is 127. The van der Waals surface area contributed by atoms with E-state index in [1.54, 1.807) is 19.1 Å². The van der Waals surface area contributed by atoms with E-state index in [4.69, 9.17) is 19.8 Å². The highest BCUT2D eigenvalue weighted by Gasteiger charge is 2.21. The number of nitriles is 1. The minimum atomic E-state index is -0.510. The van der Waals surface area contributed by atoms with E-state index in [0.29, 0.717) is 34.7 Å². The van der Waals surface area contributed by atoms with Crippen molar-refractivity contribution in [3.63, 3.8) is 0 Å². The highest BCUT2D eigenvalue weighted by Crippen LogP contribution is 2.23. The molecule has 1 fully saturated rings. The molecule has 0 aliphatic carbocycles. The number of nitrogens with zero attached hydrogens (tertiary/aromatic N) is 4. The van der Waals surface area contributed by atoms with Gasteiger partial charge in [-0.25, -0.2) is 15.0 Å². The number of nitrogens with one attached hydrogen (secondary N) is 3. The molecule has 1 unspecified atom stereocenters. The van der Waals surface area contributed by atoms with Gasteiger partial charge in [0.25, 0.3) is 5.91 Å². The SMILES string of the molecule is Cc1cc(C#N)cnc1C(=O)Nc1ncc(NC2CCCCO2)c(C(=N)c2ccoc2)n1.I.[HH]. The molecule has 1 amide bonds. The number of hydrogen-bond acceptors (Lipinski definition) is 9. The van der Waals surface area contributed by atoms with Crippen LogP contribution >= 0.6 is 24.0 Å². The lowest BCUT2D eigenvalue weighted by Gasteiger charge is -2.25. The van der Waals surface area contributed by atoms with Gasteiger partial charge in [-0.15, -0.1) is 24.0 Å². The molecule has 1 atom stereocenters. The number of pyridine rings is 1. The average Bonchev–Trinajstić information content (AvgIpc) is 3.35. The third-order valence-corrected chi connectivity index (χ3v) is 4.98. The van der Waals surface area contributed by atoms with E-state index in [2.05, 4.69) is 25.6 Å². The maximum Gasteiger partial charge on any atom is 0.276 e. The fraction of sp³-hybridized carbons (Fsp3) is 0.273. The normalized spacial score (nSPS) is 15.1. The molecule has 10 nitrogen and oxygen atoms in total. The van der Waals surface area contributed by atoms with E-state index in [0.717, 1.165) is 19.3 Å². The minimum absolute atomic E-state index is 0. The van der Waals surface area contributed by atoms with Crippen LogP contribution in [0, 0.1) is 23.7 Å². The zero-order chi connectivity index (χ0) is 22.5. The van der Waals surface area contributed by atoms with Crippen molar-refractivity contribution in [2.24, 2.45) is 0 Å². The number of amides is 1. The van der Waals surface area contributed by atoms with Crippen LogP contribution in [0.5, 0.6) is 0 Å². The molecule has 3 N–H and O–H groups in total. The summed E-state index contributed by atoms with van der Waals surface area (Å²) in [7, 11) is 0. The zero-order valence-corrected chi connectivity index (χ0v) is 20.1. The molecule has 0 aromatic carbocycles. The van der Waals surface area contributed by atoms with Gasteiger partial charge in [0.05, 0.1) is 35.7 Å². The number of carbonyl (C=O) groups is 1. The topological polar surface area (TPSA) is 150 Å². The average molecular weight is 561 g/mol. The lowest BCUT2D eigenvalue weighted by Crippen LogP contribution is -2.28. The molecule has 11 heteroatoms. The molecule has 0 spiro atoms. The summed E-state index contributed by atoms with van der Waals surface area (Å²) in [5.41, 5.74) is 2.56. The molecular formula is C22H24IN7O3. The van der Waals surface area contributed by atoms with Crippen LogP contribution in [0.2, 0.25) is 0 Å². The molecule has 3 aromatic rings. The predicted molar refractivity (Wildman–Crippen MR) is 133 cm³/mol. The Balaban J connectivity index is 0.00000204. The van der Waals surface area contributed by atoms with Crippen LogP contribution in [0.25, 0.3) is 0 Å². The molecule has 0 bridgehead atoms. The summed E-state index contributed by atoms with van der Waals surface area (Å²) in [6.45, 7) is 2.36. The monoisotopic (exact) mass is 561 g/mol. The van der Waals surface area contributed by atoms with Crippen LogP contribution in [0.4, 0.5) is 11.6 Å². The molecule has 1 aliphatic rings. The van der Waals surface area contributed by atoms with Crippen molar-refractivity contribution in [2.45, 2.75) is 32.4 Å². The highest BCUT2D eigenvalue weighted by molar-refractivity contribution is 14.0. The van der Waals surface area contributed by atoms with Crippen molar-refractivity contribution in [1.29, 1.82) is 10.7 Å². The number of rotatable bonds is 6. The van der Waals surface area contributed by atoms with E-state index >= 15 is 0 Å². The summed E-state index contributed by atoms with van der Waals surface area (Å²) < 4.78 is 10.8. The van der Waals surface area contributed by atoms with Crippen LogP contribution in [-0.4, -0.2) is 39.4 Å². The second kappa shape index (κ2) is 11.0. The van der Waals surface area contributed by atoms with E-state index in [-0.39, 0.29) is 49.0 Å². The van der Waals surface area contributed by atoms with Gasteiger partial charge in [-0.2, -0.15) is 5.26 Å². The number of aromatic nitrogens is 3. The van der Waals surface area contributed by atoms with E-state index in [1.807, 2.05) is 6.07 Å². The van der Waals surface area contributed by atoms with Gasteiger partial charge in [-0.05, 0) is 43.9 Å². The standard InChI is InChI=1S/C22H21N7O3.HI.H2/c1-13-8-14(9-23)10-25-19(13)21(30)29-22-26-11-16(27-17-4-2-3-6-32-17)20(28-22)18(24)15-5-7-31-12-15;;/h5,7-8,10-12,17,24,27H,2-4,6H2,1H3,(H,26,28,29,30);2*1H. The molecular weight excluding hydrogens is 537 g/mol. The van der Waals surface area contributed by atoms with Gasteiger partial charge < -0.3 is 14.5 Å². The van der Waals surface area contributed by atoms with Crippen LogP contribution in [0.3, 0.4) is 0 Å². The smallest absolute Gasteiger partial charge is 0.276 e. The summed E-state index contributed by atoms with van der Waals surface area (Å²) in [6.07, 6.45) is 8.47. The first-order valence-electron chi connectivity index (χ1n) is 10.1. The van der Waals surface area contributed by atoms with Gasteiger partial charge in [-0.1, -0.05) is 0 Å². The Bertz CT molecular complexity index is 1190. The number of aryl methyl sites for hydroxylation is 1. The fourth-order valence-electron chi connectivity index (χ4n) is 3.34. The number of carbonyl (C=O) groups excluding carboxylic acids is 1. The molecule has 1 saturated heterocycles. The van der Waals surface area contributed by atoms with Gasteiger partial charge in [0.2, 0.25) is 5.95 Å². The van der Waals surface area contributed by atoms with Crippen LogP contribution < -0.4 is 10.6 Å². The van der Waals surface area contributed by atoms with Crippen molar-refractivity contribution in [3.05, 3.63) is 65.1 Å². The number of furan rings is 1. The molecule has 172 valence electrons. The Morgan fingerprint density at radius 3 is 2.82 bits per heavy atom. The second-order valence-electron chi connectivity index (χ2n) is 7.30. The van der Waals surface area contributed by atoms with Crippen LogP contribution in [-0.2, 0) is 4.74 Å². The van der Waals surface area contributed by atoms with Gasteiger partial charge in [0, 0.05) is 19.8 Å². The van der Waals surface area contributed by atoms with Crippen molar-refractivity contribution in [3.8, 4) is 6.07 Å². The van der Waals surface area contributed by atoms with Gasteiger partial charge in [0.1, 0.15) is 23.7 Å². The summed E-state index contributed by atoms with van der Waals surface area (Å²) in [6, 6.07) is 5.23. The Hall–Kier alpha value is -3.37. The maximum atomic E-state index is 12.7. The van der Waals surface area contributed by atoms with E-state index in [9.17, 15) is 4.79 Å². The summed E-state index contributed by atoms with van der Waals surface area (Å²) in [5.74, 6) is -0.483. The number of ether oxygens (including phenoxy) is 1. The quantitative estimate of drug-likeness (QED) is 0.301. The second-order valence-corrected chi connectivity index (χ2v) is 7.30. The largest absolute Gasteiger partial charge is 0.472 e. The van der Waals surface area contributed by atoms with Crippen molar-refractivity contribution in [1.82, 2.24) is 15.0 Å². The molecule has 0 radical (unpaired) electrons. The Morgan fingerprint density at radius 1 is 1.30 bits per heavy atom. The Kier molecular flexibility index (Phi) is 8.07. The minimum Gasteiger partial charge on any atom is -0.472 e. The van der Waals surface area contributed by atoms with E-state index in [1.165, 1.54) is 24.9 Å². The van der Waals surface area contributed by atoms with Gasteiger partial charge >= 0.3 is 0 Å². The fourth-order valence-corrected chi connectivity index (χ4v) is 3.34. The first-order valence-corrected chi connectivity index (χ1v) is 10.1. The van der Waals surface area contributed by atoms with E-state index < -0.39 is 5.91 Å². The van der Waals surface area contributed by atoms with Crippen LogP contribution in [0.1, 0.15) is 53.6 Å². The molecule has 4 heterocycles. The van der Waals surface area contributed by atoms with Crippen LogP contribution in [0.15, 0.2) is 41.5 Å². The first-order chi connectivity index (χ1) is 15.5. The zero-order valence-electron chi connectivity index (χ0n) is 17.8. The number of halogens is 1. The Labute approximate surface area is 208 Å². The van der Waals surface area contributed by atoms with Gasteiger partial charge in [-0.3, -0.25) is 15.5 Å². The molecule has 33 heavy (non-hydrogen) atoms. The van der Waals surface area contributed by atoms with Gasteiger partial charge in [0.15, 0.2) is 0 Å². The lowest BCUT2D eigenvalue weighted by molar-refractivity contribution is 0.0343. The van der Waals surface area contributed by atoms with Crippen molar-refractivity contribution in [2.75, 3.05) is 17.2 Å². The maximum absolute atomic E-state index is 12.7. The third kappa shape index (κ3) is 5.71. The summed E-state index contributed by atoms with van der Waals surface area (Å²) in [4.78, 5) is 25.4. The summed E-state index contributed by atoms with van der Waals surface area (Å²) in [5, 5.41) is 23.4. The number of hydrogen-bond donors (Lipinski definition) is 3. The molecule has 4 rings (SSSR count). The van der Waals surface area contributed by atoms with Crippen molar-refractivity contribution >= 4 is 47.2 Å². The summed E-state index contributed by atoms with van der Waals surface area (Å²) >= 11 is 0. The lowest BCUT2D eigenvalue weighted by atomic mass is 10.1. The third-order valence-electron chi connectivity index (χ3n) is 4.98. The number of anilines is 2. The Morgan fingerprint density at radius 2 is 2.15 bits per heavy atom. The predicted octanol–water partition coefficient (Wildman–Crippen LogP) is 4.12.